The first-order chi connectivity index (χ1) is 13.1. The molecular weight excluding hydrogens is 360 g/mol. The highest BCUT2D eigenvalue weighted by Gasteiger charge is 2.41. The van der Waals surface area contributed by atoms with E-state index in [0.29, 0.717) is 10.5 Å². The van der Waals surface area contributed by atoms with E-state index in [1.54, 1.807) is 69.3 Å². The minimum absolute atomic E-state index is 0.259. The second-order valence-electron chi connectivity index (χ2n) is 7.23. The van der Waals surface area contributed by atoms with E-state index in [-0.39, 0.29) is 5.56 Å². The van der Waals surface area contributed by atoms with Crippen molar-refractivity contribution in [2.24, 2.45) is 5.73 Å². The summed E-state index contributed by atoms with van der Waals surface area (Å²) >= 11 is 0. The number of carboxylic acid groups (broad SMARTS) is 1. The first-order valence-electron chi connectivity index (χ1n) is 8.76. The van der Waals surface area contributed by atoms with Crippen LogP contribution in [0.2, 0.25) is 0 Å². The third-order valence-electron chi connectivity index (χ3n) is 3.86. The topological polar surface area (TPSA) is 110 Å². The SMILES string of the molecule is CC(C)(C)OC(=O)N(C(=O)[C@@H](N)c1ccccc1)[C@H](C(=O)O)c1ccccc1. The van der Waals surface area contributed by atoms with Gasteiger partial charge in [0.2, 0.25) is 0 Å². The van der Waals surface area contributed by atoms with E-state index in [1.165, 1.54) is 12.1 Å². The maximum absolute atomic E-state index is 13.1. The van der Waals surface area contributed by atoms with Gasteiger partial charge in [-0.05, 0) is 31.9 Å². The summed E-state index contributed by atoms with van der Waals surface area (Å²) in [6.45, 7) is 4.88. The van der Waals surface area contributed by atoms with E-state index in [2.05, 4.69) is 0 Å². The summed E-state index contributed by atoms with van der Waals surface area (Å²) in [7, 11) is 0. The number of carbonyl (C=O) groups excluding carboxylic acids is 2. The summed E-state index contributed by atoms with van der Waals surface area (Å²) in [6, 6.07) is 13.6. The summed E-state index contributed by atoms with van der Waals surface area (Å²) < 4.78 is 5.31. The number of amides is 2. The number of ether oxygens (including phenoxy) is 1. The molecule has 2 rings (SSSR count). The molecule has 7 heteroatoms. The largest absolute Gasteiger partial charge is 0.479 e. The third kappa shape index (κ3) is 5.17. The summed E-state index contributed by atoms with van der Waals surface area (Å²) in [4.78, 5) is 38.6. The molecule has 0 spiro atoms. The van der Waals surface area contributed by atoms with E-state index >= 15 is 0 Å². The molecule has 7 nitrogen and oxygen atoms in total. The van der Waals surface area contributed by atoms with Gasteiger partial charge in [0.15, 0.2) is 6.04 Å². The molecule has 0 radical (unpaired) electrons. The molecule has 0 saturated heterocycles. The van der Waals surface area contributed by atoms with Gasteiger partial charge in [0.25, 0.3) is 5.91 Å². The lowest BCUT2D eigenvalue weighted by Crippen LogP contribution is -2.49. The van der Waals surface area contributed by atoms with Crippen LogP contribution in [0.4, 0.5) is 4.79 Å². The van der Waals surface area contributed by atoms with Crippen LogP contribution in [0.15, 0.2) is 60.7 Å². The number of hydrogen-bond donors (Lipinski definition) is 2. The highest BCUT2D eigenvalue weighted by Crippen LogP contribution is 2.27. The van der Waals surface area contributed by atoms with Crippen LogP contribution in [0.25, 0.3) is 0 Å². The Bertz CT molecular complexity index is 831. The number of nitrogens with zero attached hydrogens (tertiary/aromatic N) is 1. The van der Waals surface area contributed by atoms with Crippen LogP contribution in [0, 0.1) is 0 Å². The second-order valence-corrected chi connectivity index (χ2v) is 7.23. The summed E-state index contributed by atoms with van der Waals surface area (Å²) in [6.07, 6.45) is -1.07. The predicted octanol–water partition coefficient (Wildman–Crippen LogP) is 3.28. The Balaban J connectivity index is 2.50. The zero-order valence-electron chi connectivity index (χ0n) is 16.0. The lowest BCUT2D eigenvalue weighted by Gasteiger charge is -2.31. The minimum atomic E-state index is -1.57. The van der Waals surface area contributed by atoms with Crippen molar-refractivity contribution in [2.75, 3.05) is 0 Å². The molecule has 0 bridgehead atoms. The van der Waals surface area contributed by atoms with Crippen molar-refractivity contribution in [1.29, 1.82) is 0 Å². The fourth-order valence-corrected chi connectivity index (χ4v) is 2.62. The lowest BCUT2D eigenvalue weighted by molar-refractivity contribution is -0.150. The summed E-state index contributed by atoms with van der Waals surface area (Å²) in [5.74, 6) is -2.23. The molecular formula is C21H24N2O5. The molecule has 0 aromatic heterocycles. The van der Waals surface area contributed by atoms with Crippen molar-refractivity contribution in [2.45, 2.75) is 38.5 Å². The Hall–Kier alpha value is -3.19. The fraction of sp³-hybridized carbons (Fsp3) is 0.286. The monoisotopic (exact) mass is 384 g/mol. The Morgan fingerprint density at radius 2 is 1.39 bits per heavy atom. The maximum atomic E-state index is 13.1. The van der Waals surface area contributed by atoms with Crippen LogP contribution in [-0.2, 0) is 14.3 Å². The molecule has 0 heterocycles. The number of benzene rings is 2. The molecule has 0 unspecified atom stereocenters. The van der Waals surface area contributed by atoms with Gasteiger partial charge in [-0.1, -0.05) is 60.7 Å². The summed E-state index contributed by atoms with van der Waals surface area (Å²) in [5, 5.41) is 9.80. The van der Waals surface area contributed by atoms with Gasteiger partial charge in [-0.15, -0.1) is 0 Å². The van der Waals surface area contributed by atoms with Gasteiger partial charge in [-0.25, -0.2) is 14.5 Å². The second kappa shape index (κ2) is 8.67. The molecule has 0 aliphatic heterocycles. The van der Waals surface area contributed by atoms with Gasteiger partial charge in [-0.2, -0.15) is 0 Å². The zero-order valence-corrected chi connectivity index (χ0v) is 16.0. The first-order valence-corrected chi connectivity index (χ1v) is 8.76. The number of carboxylic acids is 1. The first kappa shape index (κ1) is 21.1. The van der Waals surface area contributed by atoms with Crippen molar-refractivity contribution in [3.63, 3.8) is 0 Å². The van der Waals surface area contributed by atoms with Crippen molar-refractivity contribution < 1.29 is 24.2 Å². The molecule has 0 aliphatic carbocycles. The van der Waals surface area contributed by atoms with Gasteiger partial charge in [0.1, 0.15) is 11.6 Å². The Labute approximate surface area is 163 Å². The Morgan fingerprint density at radius 1 is 0.929 bits per heavy atom. The number of imide groups is 1. The van der Waals surface area contributed by atoms with E-state index < -0.39 is 35.7 Å². The molecule has 0 fully saturated rings. The number of carbonyl (C=O) groups is 3. The molecule has 0 saturated carbocycles. The van der Waals surface area contributed by atoms with E-state index in [0.717, 1.165) is 0 Å². The van der Waals surface area contributed by atoms with Crippen LogP contribution >= 0.6 is 0 Å². The lowest BCUT2D eigenvalue weighted by atomic mass is 10.0. The normalized spacial score (nSPS) is 13.3. The number of nitrogens with two attached hydrogens (primary N) is 1. The maximum Gasteiger partial charge on any atom is 0.418 e. The molecule has 2 amide bonds. The molecule has 2 aromatic rings. The van der Waals surface area contributed by atoms with Gasteiger partial charge < -0.3 is 15.6 Å². The molecule has 3 N–H and O–H groups in total. The van der Waals surface area contributed by atoms with Crippen LogP contribution in [0.1, 0.15) is 44.0 Å². The highest BCUT2D eigenvalue weighted by atomic mass is 16.6. The van der Waals surface area contributed by atoms with Crippen molar-refractivity contribution in [3.05, 3.63) is 71.8 Å². The Morgan fingerprint density at radius 3 is 1.82 bits per heavy atom. The highest BCUT2D eigenvalue weighted by molar-refractivity contribution is 5.99. The van der Waals surface area contributed by atoms with E-state index in [4.69, 9.17) is 10.5 Å². The average molecular weight is 384 g/mol. The molecule has 0 aliphatic rings. The van der Waals surface area contributed by atoms with Crippen LogP contribution in [0.3, 0.4) is 0 Å². The smallest absolute Gasteiger partial charge is 0.418 e. The minimum Gasteiger partial charge on any atom is -0.479 e. The zero-order chi connectivity index (χ0) is 20.9. The standard InChI is InChI=1S/C21H24N2O5/c1-21(2,3)28-20(27)23(17(19(25)26)15-12-8-5-9-13-15)18(24)16(22)14-10-6-4-7-11-14/h4-13,16-17H,22H2,1-3H3,(H,25,26)/t16-,17-/m0/s1. The quantitative estimate of drug-likeness (QED) is 0.819. The van der Waals surface area contributed by atoms with Crippen LogP contribution in [-0.4, -0.2) is 33.6 Å². The van der Waals surface area contributed by atoms with E-state index in [1.807, 2.05) is 0 Å². The summed E-state index contributed by atoms with van der Waals surface area (Å²) in [5.41, 5.74) is 5.86. The number of hydrogen-bond acceptors (Lipinski definition) is 5. The van der Waals surface area contributed by atoms with Gasteiger partial charge in [0, 0.05) is 0 Å². The number of aliphatic carboxylic acids is 1. The third-order valence-corrected chi connectivity index (χ3v) is 3.86. The van der Waals surface area contributed by atoms with Gasteiger partial charge in [0.05, 0.1) is 0 Å². The average Bonchev–Trinajstić information content (AvgIpc) is 2.64. The number of rotatable bonds is 5. The molecule has 2 atom stereocenters. The van der Waals surface area contributed by atoms with Crippen LogP contribution < -0.4 is 5.73 Å². The Kier molecular flexibility index (Phi) is 6.53. The van der Waals surface area contributed by atoms with Crippen molar-refractivity contribution >= 4 is 18.0 Å². The molecule has 28 heavy (non-hydrogen) atoms. The van der Waals surface area contributed by atoms with Crippen LogP contribution in [0.5, 0.6) is 0 Å². The van der Waals surface area contributed by atoms with E-state index in [9.17, 15) is 19.5 Å². The fourth-order valence-electron chi connectivity index (χ4n) is 2.62. The predicted molar refractivity (Wildman–Crippen MR) is 103 cm³/mol. The van der Waals surface area contributed by atoms with Gasteiger partial charge in [-0.3, -0.25) is 4.79 Å². The van der Waals surface area contributed by atoms with Crippen molar-refractivity contribution in [1.82, 2.24) is 4.90 Å². The van der Waals surface area contributed by atoms with Crippen molar-refractivity contribution in [3.8, 4) is 0 Å². The molecule has 2 aromatic carbocycles. The van der Waals surface area contributed by atoms with Gasteiger partial charge >= 0.3 is 12.1 Å². The molecule has 148 valence electrons.